The van der Waals surface area contributed by atoms with E-state index in [9.17, 15) is 8.78 Å². The average molecular weight is 290 g/mol. The minimum atomic E-state index is -2.68. The zero-order chi connectivity index (χ0) is 8.48. The maximum Gasteiger partial charge on any atom is 0.251 e. The van der Waals surface area contributed by atoms with Crippen LogP contribution in [0.4, 0.5) is 8.78 Å². The molecule has 1 aromatic rings. The number of aromatic nitrogens is 2. The largest absolute Gasteiger partial charge is 0.251 e. The predicted molar refractivity (Wildman–Crippen MR) is 47.0 cm³/mol. The Kier molecular flexibility index (Phi) is 2.74. The highest BCUT2D eigenvalue weighted by Gasteiger charge is 2.23. The fourth-order valence-electron chi connectivity index (χ4n) is 0.570. The molecule has 6 heteroatoms. The fraction of sp³-hybridized carbons (Fsp3) is 0.600. The van der Waals surface area contributed by atoms with E-state index in [4.69, 9.17) is 0 Å². The molecule has 0 aliphatic carbocycles. The van der Waals surface area contributed by atoms with Gasteiger partial charge in [0.05, 0.1) is 6.42 Å². The third-order valence-corrected chi connectivity index (χ3v) is 2.49. The first-order valence-corrected chi connectivity index (χ1v) is 4.72. The number of hydrogen-bond donors (Lipinski definition) is 0. The molecule has 0 saturated heterocycles. The van der Waals surface area contributed by atoms with Crippen molar-refractivity contribution in [2.45, 2.75) is 19.3 Å². The van der Waals surface area contributed by atoms with Gasteiger partial charge in [-0.25, -0.2) is 8.78 Å². The van der Waals surface area contributed by atoms with Gasteiger partial charge in [-0.15, -0.1) is 10.2 Å². The summed E-state index contributed by atoms with van der Waals surface area (Å²) in [5, 5.41) is 7.60. The van der Waals surface area contributed by atoms with E-state index in [-0.39, 0.29) is 6.42 Å². The molecule has 0 spiro atoms. The minimum Gasteiger partial charge on any atom is -0.207 e. The summed E-state index contributed by atoms with van der Waals surface area (Å²) in [5.41, 5.74) is 0. The lowest BCUT2D eigenvalue weighted by Crippen LogP contribution is -2.13. The Morgan fingerprint density at radius 2 is 2.18 bits per heavy atom. The van der Waals surface area contributed by atoms with Crippen molar-refractivity contribution in [1.82, 2.24) is 10.2 Å². The van der Waals surface area contributed by atoms with Gasteiger partial charge in [-0.3, -0.25) is 0 Å². The highest BCUT2D eigenvalue weighted by molar-refractivity contribution is 14.1. The van der Waals surface area contributed by atoms with Crippen LogP contribution in [0.25, 0.3) is 0 Å². The Morgan fingerprint density at radius 1 is 1.55 bits per heavy atom. The summed E-state index contributed by atoms with van der Waals surface area (Å²) in [6.07, 6.45) is -0.312. The molecule has 0 aromatic carbocycles. The summed E-state index contributed by atoms with van der Waals surface area (Å²) in [6, 6.07) is 0. The van der Waals surface area contributed by atoms with Crippen molar-refractivity contribution in [2.75, 3.05) is 0 Å². The number of nitrogens with zero attached hydrogens (tertiary/aromatic N) is 2. The summed E-state index contributed by atoms with van der Waals surface area (Å²) < 4.78 is 25.4. The molecule has 0 radical (unpaired) electrons. The normalized spacial score (nSPS) is 12.0. The van der Waals surface area contributed by atoms with Crippen molar-refractivity contribution in [3.63, 3.8) is 0 Å². The lowest BCUT2D eigenvalue weighted by Gasteiger charge is -2.05. The maximum absolute atomic E-state index is 12.4. The highest BCUT2D eigenvalue weighted by atomic mass is 127. The molecule has 0 unspecified atom stereocenters. The Balaban J connectivity index is 2.65. The fourth-order valence-corrected chi connectivity index (χ4v) is 2.12. The van der Waals surface area contributed by atoms with E-state index in [0.29, 0.717) is 8.02 Å². The molecule has 0 N–H and O–H groups in total. The molecule has 11 heavy (non-hydrogen) atoms. The van der Waals surface area contributed by atoms with Gasteiger partial charge in [0.15, 0.2) is 3.01 Å². The van der Waals surface area contributed by atoms with Gasteiger partial charge in [-0.1, -0.05) is 11.3 Å². The number of halogens is 3. The topological polar surface area (TPSA) is 25.8 Å². The molecule has 0 fully saturated rings. The average Bonchev–Trinajstić information content (AvgIpc) is 2.10. The molecule has 0 aliphatic rings. The van der Waals surface area contributed by atoms with Crippen LogP contribution < -0.4 is 0 Å². The van der Waals surface area contributed by atoms with Gasteiger partial charge in [-0.2, -0.15) is 0 Å². The first-order chi connectivity index (χ1) is 4.97. The van der Waals surface area contributed by atoms with E-state index in [2.05, 4.69) is 10.2 Å². The molecule has 0 aliphatic heterocycles. The third kappa shape index (κ3) is 3.37. The van der Waals surface area contributed by atoms with Crippen molar-refractivity contribution < 1.29 is 8.78 Å². The molecule has 62 valence electrons. The van der Waals surface area contributed by atoms with Gasteiger partial charge < -0.3 is 0 Å². The second kappa shape index (κ2) is 3.26. The van der Waals surface area contributed by atoms with Crippen LogP contribution in [0.3, 0.4) is 0 Å². The lowest BCUT2D eigenvalue weighted by molar-refractivity contribution is 0.0224. The zero-order valence-electron chi connectivity index (χ0n) is 5.64. The van der Waals surface area contributed by atoms with Crippen molar-refractivity contribution in [3.8, 4) is 0 Å². The molecule has 2 nitrogen and oxygen atoms in total. The van der Waals surface area contributed by atoms with E-state index in [1.807, 2.05) is 22.6 Å². The van der Waals surface area contributed by atoms with Gasteiger partial charge >= 0.3 is 0 Å². The Morgan fingerprint density at radius 3 is 2.55 bits per heavy atom. The summed E-state index contributed by atoms with van der Waals surface area (Å²) >= 11 is 3.15. The van der Waals surface area contributed by atoms with E-state index >= 15 is 0 Å². The van der Waals surface area contributed by atoms with E-state index in [1.165, 1.54) is 11.3 Å². The van der Waals surface area contributed by atoms with E-state index < -0.39 is 5.92 Å². The van der Waals surface area contributed by atoms with E-state index in [0.717, 1.165) is 6.92 Å². The molecular weight excluding hydrogens is 285 g/mol. The smallest absolute Gasteiger partial charge is 0.207 e. The second-order valence-electron chi connectivity index (χ2n) is 2.20. The van der Waals surface area contributed by atoms with Gasteiger partial charge in [0.1, 0.15) is 5.01 Å². The van der Waals surface area contributed by atoms with Crippen LogP contribution in [0.5, 0.6) is 0 Å². The number of alkyl halides is 2. The van der Waals surface area contributed by atoms with Crippen LogP contribution in [0.2, 0.25) is 0 Å². The number of rotatable bonds is 2. The first-order valence-electron chi connectivity index (χ1n) is 2.83. The van der Waals surface area contributed by atoms with Crippen molar-refractivity contribution in [1.29, 1.82) is 0 Å². The van der Waals surface area contributed by atoms with Crippen LogP contribution in [-0.4, -0.2) is 16.1 Å². The second-order valence-corrected chi connectivity index (χ2v) is 5.01. The lowest BCUT2D eigenvalue weighted by atomic mass is 10.3. The van der Waals surface area contributed by atoms with Crippen LogP contribution in [0.1, 0.15) is 11.9 Å². The molecule has 0 atom stereocenters. The standard InChI is InChI=1S/C5H5F2IN2S/c1-5(6,7)2-3-9-10-4(8)11-3/h2H2,1H3. The molecule has 0 bridgehead atoms. The first kappa shape index (κ1) is 9.24. The molecule has 1 rings (SSSR count). The van der Waals surface area contributed by atoms with E-state index in [1.54, 1.807) is 0 Å². The minimum absolute atomic E-state index is 0.312. The predicted octanol–water partition coefficient (Wildman–Crippen LogP) is 2.34. The Labute approximate surface area is 80.2 Å². The van der Waals surface area contributed by atoms with Crippen LogP contribution in [0.15, 0.2) is 0 Å². The van der Waals surface area contributed by atoms with Gasteiger partial charge in [0.2, 0.25) is 0 Å². The highest BCUT2D eigenvalue weighted by Crippen LogP contribution is 2.21. The van der Waals surface area contributed by atoms with Crippen LogP contribution in [-0.2, 0) is 6.42 Å². The summed E-state index contributed by atoms with van der Waals surface area (Å²) in [5.74, 6) is -2.68. The van der Waals surface area contributed by atoms with Crippen molar-refractivity contribution in [3.05, 3.63) is 8.02 Å². The third-order valence-electron chi connectivity index (χ3n) is 0.904. The van der Waals surface area contributed by atoms with Crippen molar-refractivity contribution >= 4 is 33.9 Å². The maximum atomic E-state index is 12.4. The Bertz CT molecular complexity index is 245. The summed E-state index contributed by atoms with van der Waals surface area (Å²) in [7, 11) is 0. The molecule has 1 heterocycles. The molecule has 0 amide bonds. The van der Waals surface area contributed by atoms with Gasteiger partial charge in [0, 0.05) is 0 Å². The molecule has 1 aromatic heterocycles. The van der Waals surface area contributed by atoms with Crippen LogP contribution in [0, 0.1) is 3.01 Å². The quantitative estimate of drug-likeness (QED) is 0.781. The SMILES string of the molecule is CC(F)(F)Cc1nnc(I)s1. The summed E-state index contributed by atoms with van der Waals surface area (Å²) in [6.45, 7) is 0.876. The summed E-state index contributed by atoms with van der Waals surface area (Å²) in [4.78, 5) is 0. The van der Waals surface area contributed by atoms with Gasteiger partial charge in [0.25, 0.3) is 5.92 Å². The molecular formula is C5H5F2IN2S. The number of hydrogen-bond acceptors (Lipinski definition) is 3. The monoisotopic (exact) mass is 290 g/mol. The Hall–Kier alpha value is 0.150. The van der Waals surface area contributed by atoms with Crippen LogP contribution >= 0.6 is 33.9 Å². The zero-order valence-corrected chi connectivity index (χ0v) is 8.62. The van der Waals surface area contributed by atoms with Crippen molar-refractivity contribution in [2.24, 2.45) is 0 Å². The molecule has 0 saturated carbocycles. The van der Waals surface area contributed by atoms with Gasteiger partial charge in [-0.05, 0) is 29.5 Å².